The van der Waals surface area contributed by atoms with E-state index in [9.17, 15) is 9.18 Å². The smallest absolute Gasteiger partial charge is 0.236 e. The Morgan fingerprint density at radius 3 is 2.95 bits per heavy atom. The number of aliphatic hydroxyl groups excluding tert-OH is 1. The van der Waals surface area contributed by atoms with Crippen LogP contribution in [-0.2, 0) is 11.3 Å². The summed E-state index contributed by atoms with van der Waals surface area (Å²) in [5.41, 5.74) is 0.539. The number of amides is 1. The zero-order valence-electron chi connectivity index (χ0n) is 13.2. The quantitative estimate of drug-likeness (QED) is 0.838. The molecule has 1 amide bonds. The first kappa shape index (κ1) is 16.9. The molecular weight excluding hydrogens is 283 g/mol. The molecule has 1 aliphatic heterocycles. The van der Waals surface area contributed by atoms with Crippen molar-refractivity contribution >= 4 is 5.91 Å². The molecule has 1 saturated heterocycles. The van der Waals surface area contributed by atoms with Crippen LogP contribution in [-0.4, -0.2) is 53.6 Å². The summed E-state index contributed by atoms with van der Waals surface area (Å²) in [6.07, 6.45) is 3.89. The Bertz CT molecular complexity index is 495. The molecule has 4 nitrogen and oxygen atoms in total. The van der Waals surface area contributed by atoms with Gasteiger partial charge in [-0.25, -0.2) is 4.39 Å². The van der Waals surface area contributed by atoms with Crippen LogP contribution >= 0.6 is 0 Å². The van der Waals surface area contributed by atoms with Crippen molar-refractivity contribution in [1.82, 2.24) is 9.80 Å². The van der Waals surface area contributed by atoms with Crippen molar-refractivity contribution in [1.29, 1.82) is 0 Å². The Balaban J connectivity index is 1.87. The Kier molecular flexibility index (Phi) is 6.34. The fourth-order valence-electron chi connectivity index (χ4n) is 3.02. The van der Waals surface area contributed by atoms with Crippen LogP contribution in [0.2, 0.25) is 0 Å². The van der Waals surface area contributed by atoms with Crippen LogP contribution in [0.1, 0.15) is 31.2 Å². The number of hydrogen-bond acceptors (Lipinski definition) is 3. The van der Waals surface area contributed by atoms with Crippen LogP contribution in [0.3, 0.4) is 0 Å². The van der Waals surface area contributed by atoms with Crippen molar-refractivity contribution in [2.75, 3.05) is 26.7 Å². The zero-order valence-corrected chi connectivity index (χ0v) is 13.2. The van der Waals surface area contributed by atoms with Crippen LogP contribution < -0.4 is 0 Å². The normalized spacial score (nSPS) is 18.6. The number of nitrogens with zero attached hydrogens (tertiary/aromatic N) is 2. The third kappa shape index (κ3) is 4.52. The number of carbonyl (C=O) groups excluding carboxylic acids is 1. The molecule has 0 spiro atoms. The molecule has 122 valence electrons. The van der Waals surface area contributed by atoms with Gasteiger partial charge in [0.05, 0.1) is 6.54 Å². The van der Waals surface area contributed by atoms with Gasteiger partial charge in [0.15, 0.2) is 0 Å². The minimum Gasteiger partial charge on any atom is -0.396 e. The van der Waals surface area contributed by atoms with E-state index in [0.29, 0.717) is 24.7 Å². The van der Waals surface area contributed by atoms with Crippen molar-refractivity contribution in [3.8, 4) is 0 Å². The minimum absolute atomic E-state index is 0.0131. The third-order valence-corrected chi connectivity index (χ3v) is 4.32. The first-order chi connectivity index (χ1) is 10.6. The van der Waals surface area contributed by atoms with E-state index in [1.165, 1.54) is 6.07 Å². The number of carbonyl (C=O) groups is 1. The first-order valence-corrected chi connectivity index (χ1v) is 7.94. The molecule has 1 aromatic carbocycles. The molecule has 22 heavy (non-hydrogen) atoms. The summed E-state index contributed by atoms with van der Waals surface area (Å²) >= 11 is 0. The standard InChI is InChI=1S/C17H25FN2O2/c1-19(12-14-6-2-3-9-16(14)18)17(22)13-20-10-4-7-15(20)8-5-11-21/h2-3,6,9,15,21H,4-5,7-8,10-13H2,1H3. The maximum Gasteiger partial charge on any atom is 0.236 e. The fourth-order valence-corrected chi connectivity index (χ4v) is 3.02. The summed E-state index contributed by atoms with van der Waals surface area (Å²) in [6, 6.07) is 6.94. The topological polar surface area (TPSA) is 43.8 Å². The molecule has 0 saturated carbocycles. The molecule has 0 aliphatic carbocycles. The summed E-state index contributed by atoms with van der Waals surface area (Å²) in [4.78, 5) is 16.1. The predicted octanol–water partition coefficient (Wildman–Crippen LogP) is 2.02. The lowest BCUT2D eigenvalue weighted by Gasteiger charge is -2.26. The number of likely N-dealkylation sites (N-methyl/N-ethyl adjacent to an activating group) is 1. The number of likely N-dealkylation sites (tertiary alicyclic amines) is 1. The Labute approximate surface area is 131 Å². The van der Waals surface area contributed by atoms with Gasteiger partial charge < -0.3 is 10.0 Å². The van der Waals surface area contributed by atoms with Gasteiger partial charge in [0.1, 0.15) is 5.82 Å². The number of hydrogen-bond donors (Lipinski definition) is 1. The first-order valence-electron chi connectivity index (χ1n) is 7.94. The number of benzene rings is 1. The maximum absolute atomic E-state index is 13.6. The monoisotopic (exact) mass is 308 g/mol. The number of rotatable bonds is 7. The molecule has 0 aromatic heterocycles. The van der Waals surface area contributed by atoms with Gasteiger partial charge in [-0.3, -0.25) is 9.69 Å². The second kappa shape index (κ2) is 8.25. The highest BCUT2D eigenvalue weighted by molar-refractivity contribution is 5.78. The second-order valence-corrected chi connectivity index (χ2v) is 5.97. The van der Waals surface area contributed by atoms with Gasteiger partial charge in [0.25, 0.3) is 0 Å². The van der Waals surface area contributed by atoms with Gasteiger partial charge in [0.2, 0.25) is 5.91 Å². The van der Waals surface area contributed by atoms with E-state index in [-0.39, 0.29) is 18.3 Å². The number of halogens is 1. The lowest BCUT2D eigenvalue weighted by atomic mass is 10.1. The van der Waals surface area contributed by atoms with Crippen LogP contribution in [0, 0.1) is 5.82 Å². The van der Waals surface area contributed by atoms with E-state index >= 15 is 0 Å². The number of aliphatic hydroxyl groups is 1. The Hall–Kier alpha value is -1.46. The van der Waals surface area contributed by atoms with Crippen LogP contribution in [0.25, 0.3) is 0 Å². The van der Waals surface area contributed by atoms with Crippen LogP contribution in [0.4, 0.5) is 4.39 Å². The molecule has 0 bridgehead atoms. The summed E-state index contributed by atoms with van der Waals surface area (Å²) in [5.74, 6) is -0.261. The van der Waals surface area contributed by atoms with Crippen molar-refractivity contribution in [2.45, 2.75) is 38.3 Å². The molecule has 1 unspecified atom stereocenters. The van der Waals surface area contributed by atoms with Gasteiger partial charge in [0, 0.05) is 31.8 Å². The van der Waals surface area contributed by atoms with E-state index in [1.807, 2.05) is 0 Å². The van der Waals surface area contributed by atoms with Crippen molar-refractivity contribution in [2.24, 2.45) is 0 Å². The lowest BCUT2D eigenvalue weighted by Crippen LogP contribution is -2.40. The zero-order chi connectivity index (χ0) is 15.9. The molecular formula is C17H25FN2O2. The van der Waals surface area contributed by atoms with Crippen molar-refractivity contribution < 1.29 is 14.3 Å². The summed E-state index contributed by atoms with van der Waals surface area (Å²) < 4.78 is 13.6. The minimum atomic E-state index is -0.274. The molecule has 1 atom stereocenters. The fraction of sp³-hybridized carbons (Fsp3) is 0.588. The van der Waals surface area contributed by atoms with Gasteiger partial charge in [-0.2, -0.15) is 0 Å². The van der Waals surface area contributed by atoms with Gasteiger partial charge in [-0.05, 0) is 38.3 Å². The molecule has 1 N–H and O–H groups in total. The molecule has 1 aromatic rings. The SMILES string of the molecule is CN(Cc1ccccc1F)C(=O)CN1CCCC1CCCO. The lowest BCUT2D eigenvalue weighted by molar-refractivity contribution is -0.131. The van der Waals surface area contributed by atoms with Gasteiger partial charge >= 0.3 is 0 Å². The van der Waals surface area contributed by atoms with E-state index in [1.54, 1.807) is 30.1 Å². The molecule has 0 radical (unpaired) electrons. The summed E-state index contributed by atoms with van der Waals surface area (Å²) in [6.45, 7) is 1.79. The summed E-state index contributed by atoms with van der Waals surface area (Å²) in [7, 11) is 1.72. The third-order valence-electron chi connectivity index (χ3n) is 4.32. The summed E-state index contributed by atoms with van der Waals surface area (Å²) in [5, 5.41) is 8.94. The average molecular weight is 308 g/mol. The maximum atomic E-state index is 13.6. The highest BCUT2D eigenvalue weighted by Crippen LogP contribution is 2.21. The van der Waals surface area contributed by atoms with E-state index in [0.717, 1.165) is 32.2 Å². The van der Waals surface area contributed by atoms with E-state index in [4.69, 9.17) is 5.11 Å². The van der Waals surface area contributed by atoms with Gasteiger partial charge in [-0.15, -0.1) is 0 Å². The van der Waals surface area contributed by atoms with Crippen molar-refractivity contribution in [3.05, 3.63) is 35.6 Å². The highest BCUT2D eigenvalue weighted by atomic mass is 19.1. The highest BCUT2D eigenvalue weighted by Gasteiger charge is 2.26. The predicted molar refractivity (Wildman–Crippen MR) is 83.8 cm³/mol. The largest absolute Gasteiger partial charge is 0.396 e. The van der Waals surface area contributed by atoms with Crippen LogP contribution in [0.15, 0.2) is 24.3 Å². The molecule has 2 rings (SSSR count). The van der Waals surface area contributed by atoms with Crippen molar-refractivity contribution in [3.63, 3.8) is 0 Å². The van der Waals surface area contributed by atoms with E-state index < -0.39 is 0 Å². The molecule has 1 aliphatic rings. The second-order valence-electron chi connectivity index (χ2n) is 5.97. The molecule has 5 heteroatoms. The van der Waals surface area contributed by atoms with Crippen LogP contribution in [0.5, 0.6) is 0 Å². The van der Waals surface area contributed by atoms with Gasteiger partial charge in [-0.1, -0.05) is 18.2 Å². The Morgan fingerprint density at radius 2 is 2.23 bits per heavy atom. The molecule has 1 fully saturated rings. The van der Waals surface area contributed by atoms with E-state index in [2.05, 4.69) is 4.90 Å². The average Bonchev–Trinajstić information content (AvgIpc) is 2.94. The molecule has 1 heterocycles. The Morgan fingerprint density at radius 1 is 1.45 bits per heavy atom.